The molecular formula is C23H26N4O2. The number of rotatable bonds is 8. The van der Waals surface area contributed by atoms with Crippen LogP contribution in [0.4, 0.5) is 5.82 Å². The van der Waals surface area contributed by atoms with Crippen molar-refractivity contribution < 1.29 is 9.53 Å². The van der Waals surface area contributed by atoms with Crippen molar-refractivity contribution in [2.24, 2.45) is 0 Å². The van der Waals surface area contributed by atoms with Crippen molar-refractivity contribution in [1.82, 2.24) is 15.3 Å². The number of para-hydroxylation sites is 1. The molecule has 2 N–H and O–H groups in total. The summed E-state index contributed by atoms with van der Waals surface area (Å²) in [6.07, 6.45) is 0.679. The Morgan fingerprint density at radius 2 is 1.72 bits per heavy atom. The highest BCUT2D eigenvalue weighted by molar-refractivity contribution is 5.92. The summed E-state index contributed by atoms with van der Waals surface area (Å²) in [4.78, 5) is 21.2. The van der Waals surface area contributed by atoms with E-state index in [9.17, 15) is 4.79 Å². The van der Waals surface area contributed by atoms with Gasteiger partial charge in [-0.1, -0.05) is 42.5 Å². The van der Waals surface area contributed by atoms with E-state index in [1.807, 2.05) is 36.4 Å². The lowest BCUT2D eigenvalue weighted by molar-refractivity contribution is 0.0948. The molecule has 0 fully saturated rings. The van der Waals surface area contributed by atoms with Crippen LogP contribution in [0.15, 0.2) is 54.6 Å². The first kappa shape index (κ1) is 20.3. The molecule has 0 spiro atoms. The Labute approximate surface area is 171 Å². The summed E-state index contributed by atoms with van der Waals surface area (Å²) < 4.78 is 5.35. The van der Waals surface area contributed by atoms with Crippen LogP contribution in [0.25, 0.3) is 0 Å². The van der Waals surface area contributed by atoms with E-state index in [2.05, 4.69) is 39.7 Å². The first-order valence-electron chi connectivity index (χ1n) is 9.61. The Bertz CT molecular complexity index is 988. The third-order valence-corrected chi connectivity index (χ3v) is 4.66. The van der Waals surface area contributed by atoms with Gasteiger partial charge in [0.25, 0.3) is 5.91 Å². The van der Waals surface area contributed by atoms with E-state index in [4.69, 9.17) is 4.74 Å². The fraction of sp³-hybridized carbons (Fsp3) is 0.261. The Kier molecular flexibility index (Phi) is 6.79. The highest BCUT2D eigenvalue weighted by Gasteiger charge is 2.11. The zero-order valence-electron chi connectivity index (χ0n) is 17.0. The van der Waals surface area contributed by atoms with Crippen LogP contribution in [0.1, 0.15) is 33.0 Å². The summed E-state index contributed by atoms with van der Waals surface area (Å²) in [5, 5.41) is 6.21. The van der Waals surface area contributed by atoms with Crippen molar-refractivity contribution in [2.75, 3.05) is 19.0 Å². The van der Waals surface area contributed by atoms with Crippen LogP contribution in [0.3, 0.4) is 0 Å². The SMILES string of the molecule is COc1ccccc1CCNC(=O)c1cc(NCc2ccccc2C)nc(C)n1. The van der Waals surface area contributed by atoms with Crippen molar-refractivity contribution in [1.29, 1.82) is 0 Å². The number of amides is 1. The molecule has 0 aliphatic rings. The molecule has 0 aliphatic carbocycles. The van der Waals surface area contributed by atoms with Crippen LogP contribution < -0.4 is 15.4 Å². The molecule has 150 valence electrons. The molecule has 3 aromatic rings. The van der Waals surface area contributed by atoms with Gasteiger partial charge in [-0.2, -0.15) is 0 Å². The van der Waals surface area contributed by atoms with Crippen LogP contribution in [0.2, 0.25) is 0 Å². The van der Waals surface area contributed by atoms with Gasteiger partial charge in [0, 0.05) is 19.2 Å². The number of aromatic nitrogens is 2. The van der Waals surface area contributed by atoms with Crippen LogP contribution in [-0.2, 0) is 13.0 Å². The molecule has 0 saturated heterocycles. The second kappa shape index (κ2) is 9.68. The number of carbonyl (C=O) groups excluding carboxylic acids is 1. The minimum atomic E-state index is -0.218. The predicted octanol–water partition coefficient (Wildman–Crippen LogP) is 3.69. The van der Waals surface area contributed by atoms with Crippen LogP contribution in [-0.4, -0.2) is 29.5 Å². The van der Waals surface area contributed by atoms with Gasteiger partial charge < -0.3 is 15.4 Å². The lowest BCUT2D eigenvalue weighted by Crippen LogP contribution is -2.27. The molecule has 0 bridgehead atoms. The second-order valence-corrected chi connectivity index (χ2v) is 6.78. The minimum absolute atomic E-state index is 0.218. The molecule has 29 heavy (non-hydrogen) atoms. The number of hydrogen-bond donors (Lipinski definition) is 2. The highest BCUT2D eigenvalue weighted by atomic mass is 16.5. The lowest BCUT2D eigenvalue weighted by Gasteiger charge is -2.11. The van der Waals surface area contributed by atoms with E-state index < -0.39 is 0 Å². The van der Waals surface area contributed by atoms with Crippen molar-refractivity contribution >= 4 is 11.7 Å². The van der Waals surface area contributed by atoms with Gasteiger partial charge in [0.05, 0.1) is 7.11 Å². The Morgan fingerprint density at radius 3 is 2.48 bits per heavy atom. The largest absolute Gasteiger partial charge is 0.496 e. The monoisotopic (exact) mass is 390 g/mol. The lowest BCUT2D eigenvalue weighted by atomic mass is 10.1. The van der Waals surface area contributed by atoms with E-state index in [1.54, 1.807) is 20.1 Å². The summed E-state index contributed by atoms with van der Waals surface area (Å²) >= 11 is 0. The van der Waals surface area contributed by atoms with E-state index in [1.165, 1.54) is 11.1 Å². The topological polar surface area (TPSA) is 76.1 Å². The maximum absolute atomic E-state index is 12.6. The zero-order valence-corrected chi connectivity index (χ0v) is 17.0. The number of methoxy groups -OCH3 is 1. The third-order valence-electron chi connectivity index (χ3n) is 4.66. The van der Waals surface area contributed by atoms with Crippen molar-refractivity contribution in [3.8, 4) is 5.75 Å². The molecule has 0 saturated carbocycles. The molecular weight excluding hydrogens is 364 g/mol. The second-order valence-electron chi connectivity index (χ2n) is 6.78. The van der Waals surface area contributed by atoms with Crippen molar-refractivity contribution in [2.45, 2.75) is 26.8 Å². The zero-order chi connectivity index (χ0) is 20.6. The minimum Gasteiger partial charge on any atom is -0.496 e. The van der Waals surface area contributed by atoms with Crippen molar-refractivity contribution in [3.63, 3.8) is 0 Å². The summed E-state index contributed by atoms with van der Waals surface area (Å²) in [5.41, 5.74) is 3.80. The van der Waals surface area contributed by atoms with E-state index >= 15 is 0 Å². The molecule has 0 atom stereocenters. The Balaban J connectivity index is 1.61. The first-order valence-corrected chi connectivity index (χ1v) is 9.61. The molecule has 1 heterocycles. The number of ether oxygens (including phenoxy) is 1. The van der Waals surface area contributed by atoms with Crippen LogP contribution in [0, 0.1) is 13.8 Å². The molecule has 3 rings (SSSR count). The highest BCUT2D eigenvalue weighted by Crippen LogP contribution is 2.17. The van der Waals surface area contributed by atoms with Gasteiger partial charge in [-0.15, -0.1) is 0 Å². The number of aryl methyl sites for hydroxylation is 2. The number of carbonyl (C=O) groups is 1. The van der Waals surface area contributed by atoms with Gasteiger partial charge in [0.2, 0.25) is 0 Å². The maximum Gasteiger partial charge on any atom is 0.270 e. The van der Waals surface area contributed by atoms with Gasteiger partial charge in [0.1, 0.15) is 23.1 Å². The van der Waals surface area contributed by atoms with Crippen LogP contribution >= 0.6 is 0 Å². The quantitative estimate of drug-likeness (QED) is 0.614. The van der Waals surface area contributed by atoms with E-state index in [0.717, 1.165) is 11.3 Å². The summed E-state index contributed by atoms with van der Waals surface area (Å²) in [6, 6.07) is 17.6. The standard InChI is InChI=1S/C23H26N4O2/c1-16-8-4-5-10-19(16)15-25-22-14-20(26-17(2)27-22)23(28)24-13-12-18-9-6-7-11-21(18)29-3/h4-11,14H,12-13,15H2,1-3H3,(H,24,28)(H,25,26,27). The molecule has 6 heteroatoms. The van der Waals surface area contributed by atoms with E-state index in [-0.39, 0.29) is 5.91 Å². The van der Waals surface area contributed by atoms with Crippen molar-refractivity contribution in [3.05, 3.63) is 82.8 Å². The predicted molar refractivity (Wildman–Crippen MR) is 114 cm³/mol. The smallest absolute Gasteiger partial charge is 0.270 e. The molecule has 1 aromatic heterocycles. The third kappa shape index (κ3) is 5.54. The number of nitrogens with zero attached hydrogens (tertiary/aromatic N) is 2. The van der Waals surface area contributed by atoms with Crippen LogP contribution in [0.5, 0.6) is 5.75 Å². The Hall–Kier alpha value is -3.41. The summed E-state index contributed by atoms with van der Waals surface area (Å²) in [6.45, 7) is 4.99. The average Bonchev–Trinajstić information content (AvgIpc) is 2.73. The molecule has 0 radical (unpaired) electrons. The molecule has 6 nitrogen and oxygen atoms in total. The Morgan fingerprint density at radius 1 is 1.00 bits per heavy atom. The normalized spacial score (nSPS) is 10.4. The average molecular weight is 390 g/mol. The molecule has 1 amide bonds. The molecule has 2 aromatic carbocycles. The first-order chi connectivity index (χ1) is 14.1. The van der Waals surface area contributed by atoms with E-state index in [0.29, 0.717) is 36.8 Å². The summed E-state index contributed by atoms with van der Waals surface area (Å²) in [5.74, 6) is 1.79. The number of nitrogens with one attached hydrogen (secondary N) is 2. The fourth-order valence-electron chi connectivity index (χ4n) is 3.08. The van der Waals surface area contributed by atoms with Gasteiger partial charge in [-0.05, 0) is 43.0 Å². The van der Waals surface area contributed by atoms with Gasteiger partial charge >= 0.3 is 0 Å². The van der Waals surface area contributed by atoms with Gasteiger partial charge in [-0.25, -0.2) is 9.97 Å². The fourth-order valence-corrected chi connectivity index (χ4v) is 3.08. The van der Waals surface area contributed by atoms with Gasteiger partial charge in [0.15, 0.2) is 0 Å². The number of hydrogen-bond acceptors (Lipinski definition) is 5. The van der Waals surface area contributed by atoms with Gasteiger partial charge in [-0.3, -0.25) is 4.79 Å². The number of benzene rings is 2. The summed E-state index contributed by atoms with van der Waals surface area (Å²) in [7, 11) is 1.65. The molecule has 0 aliphatic heterocycles. The molecule has 0 unspecified atom stereocenters. The maximum atomic E-state index is 12.6. The number of anilines is 1.